The van der Waals surface area contributed by atoms with Gasteiger partial charge in [0.05, 0.1) is 39.9 Å². The van der Waals surface area contributed by atoms with E-state index in [2.05, 4.69) is 43.5 Å². The number of carbonyl (C=O) groups is 1. The van der Waals surface area contributed by atoms with E-state index in [9.17, 15) is 19.4 Å². The van der Waals surface area contributed by atoms with E-state index < -0.39 is 20.0 Å². The van der Waals surface area contributed by atoms with Gasteiger partial charge in [-0.1, -0.05) is 115 Å². The van der Waals surface area contributed by atoms with Crippen LogP contribution in [0, 0.1) is 0 Å². The first-order valence-corrected chi connectivity index (χ1v) is 18.6. The van der Waals surface area contributed by atoms with Crippen LogP contribution in [0.25, 0.3) is 0 Å². The molecule has 0 aliphatic heterocycles. The van der Waals surface area contributed by atoms with Gasteiger partial charge >= 0.3 is 0 Å². The van der Waals surface area contributed by atoms with E-state index in [0.29, 0.717) is 23.9 Å². The van der Waals surface area contributed by atoms with E-state index in [4.69, 9.17) is 9.05 Å². The van der Waals surface area contributed by atoms with Crippen LogP contribution in [0.1, 0.15) is 136 Å². The summed E-state index contributed by atoms with van der Waals surface area (Å²) in [4.78, 5) is 25.0. The van der Waals surface area contributed by atoms with Gasteiger partial charge in [-0.15, -0.1) is 0 Å². The lowest BCUT2D eigenvalue weighted by atomic mass is 10.0. The maximum atomic E-state index is 12.7. The van der Waals surface area contributed by atoms with E-state index in [1.807, 2.05) is 21.1 Å². The molecule has 2 N–H and O–H groups in total. The third-order valence-electron chi connectivity index (χ3n) is 7.42. The van der Waals surface area contributed by atoms with Crippen molar-refractivity contribution in [3.8, 4) is 0 Å². The number of hydrogen-bond donors (Lipinski definition) is 2. The highest BCUT2D eigenvalue weighted by Gasteiger charge is 2.24. The van der Waals surface area contributed by atoms with Crippen molar-refractivity contribution in [3.63, 3.8) is 0 Å². The summed E-state index contributed by atoms with van der Waals surface area (Å²) in [6, 6.07) is -0.801. The molecule has 0 aromatic rings. The minimum absolute atomic E-state index is 0.00872. The normalized spacial score (nSPS) is 15.2. The molecular weight excluding hydrogens is 563 g/mol. The number of aliphatic hydroxyl groups excluding tert-OH is 1. The first-order valence-electron chi connectivity index (χ1n) is 17.2. The highest BCUT2D eigenvalue weighted by Crippen LogP contribution is 2.38. The lowest BCUT2D eigenvalue weighted by Crippen LogP contribution is -2.46. The molecule has 0 fully saturated rings. The molecule has 254 valence electrons. The zero-order valence-electron chi connectivity index (χ0n) is 28.4. The van der Waals surface area contributed by atoms with Gasteiger partial charge in [0.15, 0.2) is 0 Å². The van der Waals surface area contributed by atoms with E-state index in [1.54, 1.807) is 0 Å². The van der Waals surface area contributed by atoms with Crippen LogP contribution in [0.3, 0.4) is 0 Å². The third kappa shape index (κ3) is 29.5. The van der Waals surface area contributed by atoms with Gasteiger partial charge in [-0.25, -0.2) is 0 Å². The van der Waals surface area contributed by atoms with Crippen LogP contribution in [0.15, 0.2) is 24.3 Å². The van der Waals surface area contributed by atoms with E-state index >= 15 is 0 Å². The number of rotatable bonds is 30. The van der Waals surface area contributed by atoms with Crippen molar-refractivity contribution in [2.75, 3.05) is 40.9 Å². The number of hydrogen-bond acceptors (Lipinski definition) is 6. The minimum Gasteiger partial charge on any atom is -0.756 e. The van der Waals surface area contributed by atoms with Crippen LogP contribution < -0.4 is 10.2 Å². The Balaban J connectivity index is 4.52. The fourth-order valence-corrected chi connectivity index (χ4v) is 5.33. The number of unbranched alkanes of at least 4 members (excludes halogenated alkanes) is 13. The van der Waals surface area contributed by atoms with Crippen molar-refractivity contribution < 1.29 is 32.9 Å². The van der Waals surface area contributed by atoms with E-state index in [-0.39, 0.29) is 19.1 Å². The van der Waals surface area contributed by atoms with Crippen molar-refractivity contribution in [3.05, 3.63) is 24.3 Å². The summed E-state index contributed by atoms with van der Waals surface area (Å²) in [5, 5.41) is 13.7. The molecule has 0 heterocycles. The van der Waals surface area contributed by atoms with Gasteiger partial charge in [-0.05, 0) is 38.5 Å². The molecule has 3 unspecified atom stereocenters. The predicted octanol–water partition coefficient (Wildman–Crippen LogP) is 7.60. The molecule has 0 saturated carbocycles. The largest absolute Gasteiger partial charge is 0.756 e. The molecule has 0 spiro atoms. The van der Waals surface area contributed by atoms with Gasteiger partial charge in [0.25, 0.3) is 7.82 Å². The number of phosphoric acid groups is 1. The zero-order chi connectivity index (χ0) is 32.2. The van der Waals surface area contributed by atoms with Gasteiger partial charge in [0.1, 0.15) is 13.2 Å². The smallest absolute Gasteiger partial charge is 0.268 e. The Kier molecular flexibility index (Phi) is 26.7. The summed E-state index contributed by atoms with van der Waals surface area (Å²) in [5.74, 6) is -0.186. The second-order valence-corrected chi connectivity index (χ2v) is 14.3. The quantitative estimate of drug-likeness (QED) is 0.0366. The Morgan fingerprint density at radius 3 is 2.02 bits per heavy atom. The SMILES string of the molecule is CCC/C=C\C/C=C\CCCCCCCC(=O)NC(COP(=O)([O-])OCC[N+](C)(C)C)C(O)CCCCCCCCCC. The number of likely N-dealkylation sites (N-methyl/N-ethyl adjacent to an activating group) is 1. The van der Waals surface area contributed by atoms with Gasteiger partial charge < -0.3 is 28.8 Å². The van der Waals surface area contributed by atoms with Gasteiger partial charge in [-0.3, -0.25) is 9.36 Å². The number of carbonyl (C=O) groups excluding carboxylic acids is 1. The molecule has 0 aliphatic rings. The highest BCUT2D eigenvalue weighted by molar-refractivity contribution is 7.45. The first kappa shape index (κ1) is 42.0. The number of aliphatic hydroxyl groups is 1. The van der Waals surface area contributed by atoms with Crippen molar-refractivity contribution in [1.29, 1.82) is 0 Å². The summed E-state index contributed by atoms with van der Waals surface area (Å²) in [6.07, 6.45) is 27.6. The highest BCUT2D eigenvalue weighted by atomic mass is 31.2. The molecule has 0 saturated heterocycles. The van der Waals surface area contributed by atoms with Gasteiger partial charge in [0, 0.05) is 6.42 Å². The second-order valence-electron chi connectivity index (χ2n) is 12.9. The monoisotopic (exact) mass is 630 g/mol. The summed E-state index contributed by atoms with van der Waals surface area (Å²) in [6.45, 7) is 4.57. The predicted molar refractivity (Wildman–Crippen MR) is 178 cm³/mol. The molecule has 0 radical (unpaired) electrons. The Labute approximate surface area is 264 Å². The van der Waals surface area contributed by atoms with Crippen molar-refractivity contribution in [2.24, 2.45) is 0 Å². The van der Waals surface area contributed by atoms with E-state index in [1.165, 1.54) is 38.5 Å². The average Bonchev–Trinajstić information content (AvgIpc) is 2.94. The summed E-state index contributed by atoms with van der Waals surface area (Å²) in [7, 11) is 1.29. The maximum Gasteiger partial charge on any atom is 0.268 e. The molecule has 8 nitrogen and oxygen atoms in total. The molecule has 0 aromatic carbocycles. The molecule has 1 amide bonds. The zero-order valence-corrected chi connectivity index (χ0v) is 29.3. The van der Waals surface area contributed by atoms with Gasteiger partial charge in [0.2, 0.25) is 5.91 Å². The summed E-state index contributed by atoms with van der Waals surface area (Å²) in [5.41, 5.74) is 0. The minimum atomic E-state index is -4.55. The van der Waals surface area contributed by atoms with Crippen LogP contribution in [-0.4, -0.2) is 68.5 Å². The van der Waals surface area contributed by atoms with E-state index in [0.717, 1.165) is 70.6 Å². The Bertz CT molecular complexity index is 768. The lowest BCUT2D eigenvalue weighted by Gasteiger charge is -2.30. The number of amides is 1. The fourth-order valence-electron chi connectivity index (χ4n) is 4.60. The Hall–Kier alpha value is -1.02. The topological polar surface area (TPSA) is 108 Å². The van der Waals surface area contributed by atoms with Crippen LogP contribution in [0.2, 0.25) is 0 Å². The van der Waals surface area contributed by atoms with Crippen molar-refractivity contribution >= 4 is 13.7 Å². The third-order valence-corrected chi connectivity index (χ3v) is 8.39. The number of quaternary nitrogens is 1. The number of nitrogens with one attached hydrogen (secondary N) is 1. The van der Waals surface area contributed by atoms with Crippen molar-refractivity contribution in [2.45, 2.75) is 148 Å². The maximum absolute atomic E-state index is 12.7. The second kappa shape index (κ2) is 27.3. The molecule has 0 aromatic heterocycles. The molecule has 43 heavy (non-hydrogen) atoms. The molecule has 0 bridgehead atoms. The van der Waals surface area contributed by atoms with Crippen LogP contribution in [0.5, 0.6) is 0 Å². The number of allylic oxidation sites excluding steroid dienone is 4. The first-order chi connectivity index (χ1) is 20.5. The Morgan fingerprint density at radius 2 is 1.40 bits per heavy atom. The van der Waals surface area contributed by atoms with Crippen molar-refractivity contribution in [1.82, 2.24) is 5.32 Å². The molecule has 0 rings (SSSR count). The molecule has 9 heteroatoms. The number of phosphoric ester groups is 1. The molecular formula is C34H67N2O6P. The Morgan fingerprint density at radius 1 is 0.814 bits per heavy atom. The lowest BCUT2D eigenvalue weighted by molar-refractivity contribution is -0.870. The fraction of sp³-hybridized carbons (Fsp3) is 0.853. The molecule has 0 aliphatic carbocycles. The average molecular weight is 631 g/mol. The van der Waals surface area contributed by atoms with Crippen LogP contribution in [0.4, 0.5) is 0 Å². The van der Waals surface area contributed by atoms with Gasteiger partial charge in [-0.2, -0.15) is 0 Å². The summed E-state index contributed by atoms with van der Waals surface area (Å²) < 4.78 is 23.0. The molecule has 3 atom stereocenters. The standard InChI is InChI=1S/C34H67N2O6P/c1-6-8-10-12-14-16-17-18-19-20-22-24-26-28-34(38)35-32(31-42-43(39,40)41-30-29-36(3,4)5)33(37)27-25-23-21-15-13-11-9-7-2/h10,12,16-17,32-33,37H,6-9,11,13-15,18-31H2,1-5H3,(H-,35,38,39,40)/b12-10-,17-16-. The number of nitrogens with zero attached hydrogens (tertiary/aromatic N) is 1. The van der Waals surface area contributed by atoms with Crippen LogP contribution in [-0.2, 0) is 18.4 Å². The summed E-state index contributed by atoms with van der Waals surface area (Å²) >= 11 is 0. The van der Waals surface area contributed by atoms with Crippen LogP contribution >= 0.6 is 7.82 Å².